The quantitative estimate of drug-likeness (QED) is 0.714. The molecule has 1 aromatic carbocycles. The number of halogens is 3. The van der Waals surface area contributed by atoms with Crippen LogP contribution < -0.4 is 0 Å². The minimum Gasteiger partial charge on any atom is -0.223 e. The molecule has 0 radical (unpaired) electrons. The van der Waals surface area contributed by atoms with E-state index >= 15 is 0 Å². The van der Waals surface area contributed by atoms with Crippen molar-refractivity contribution in [2.45, 2.75) is 9.73 Å². The van der Waals surface area contributed by atoms with Gasteiger partial charge in [-0.25, -0.2) is 10.0 Å². The second kappa shape index (κ2) is 3.81. The van der Waals surface area contributed by atoms with Crippen molar-refractivity contribution >= 4 is 26.0 Å². The van der Waals surface area contributed by atoms with Gasteiger partial charge in [0, 0.05) is 5.56 Å². The molecule has 0 aliphatic rings. The maximum absolute atomic E-state index is 12.9. The summed E-state index contributed by atoms with van der Waals surface area (Å²) in [5.41, 5.74) is 0.0254. The molecule has 0 nitrogen and oxygen atoms in total. The highest BCUT2D eigenvalue weighted by Crippen LogP contribution is 2.47. The van der Waals surface area contributed by atoms with Crippen LogP contribution in [0.3, 0.4) is 0 Å². The van der Waals surface area contributed by atoms with E-state index in [1.807, 2.05) is 6.07 Å². The molecular formula is C10H13BrF2S. The molecule has 0 spiro atoms. The van der Waals surface area contributed by atoms with Crippen LogP contribution in [0.1, 0.15) is 5.56 Å². The molecule has 80 valence electrons. The van der Waals surface area contributed by atoms with Gasteiger partial charge in [0.15, 0.2) is 0 Å². The lowest BCUT2D eigenvalue weighted by atomic mass is 10.2. The Labute approximate surface area is 93.1 Å². The van der Waals surface area contributed by atoms with Gasteiger partial charge in [-0.05, 0) is 45.7 Å². The van der Waals surface area contributed by atoms with E-state index < -0.39 is 14.9 Å². The van der Waals surface area contributed by atoms with Gasteiger partial charge in [0.05, 0.1) is 0 Å². The van der Waals surface area contributed by atoms with Gasteiger partial charge in [-0.1, -0.05) is 18.2 Å². The maximum Gasteiger partial charge on any atom is 0.326 e. The molecule has 0 saturated carbocycles. The van der Waals surface area contributed by atoms with E-state index in [2.05, 4.69) is 34.7 Å². The molecule has 0 fully saturated rings. The average Bonchev–Trinajstić information content (AvgIpc) is 2.01. The summed E-state index contributed by atoms with van der Waals surface area (Å²) in [7, 11) is -0.940. The van der Waals surface area contributed by atoms with Crippen molar-refractivity contribution in [2.75, 3.05) is 18.8 Å². The van der Waals surface area contributed by atoms with Crippen LogP contribution in [0.5, 0.6) is 0 Å². The zero-order valence-corrected chi connectivity index (χ0v) is 10.8. The fourth-order valence-electron chi connectivity index (χ4n) is 1.05. The van der Waals surface area contributed by atoms with E-state index in [0.717, 1.165) is 4.90 Å². The zero-order chi connectivity index (χ0) is 11.0. The SMILES string of the molecule is CS(C)(C)c1cccc(C(F)(F)Br)c1. The van der Waals surface area contributed by atoms with E-state index in [1.165, 1.54) is 6.07 Å². The van der Waals surface area contributed by atoms with E-state index in [-0.39, 0.29) is 5.56 Å². The lowest BCUT2D eigenvalue weighted by molar-refractivity contribution is 0.114. The molecule has 0 aliphatic carbocycles. The topological polar surface area (TPSA) is 0 Å². The Morgan fingerprint density at radius 3 is 2.21 bits per heavy atom. The van der Waals surface area contributed by atoms with E-state index in [9.17, 15) is 8.78 Å². The first-order valence-corrected chi connectivity index (χ1v) is 7.72. The first-order chi connectivity index (χ1) is 6.21. The van der Waals surface area contributed by atoms with Crippen molar-refractivity contribution in [2.24, 2.45) is 0 Å². The monoisotopic (exact) mass is 282 g/mol. The first kappa shape index (κ1) is 12.0. The van der Waals surface area contributed by atoms with Gasteiger partial charge in [0.2, 0.25) is 0 Å². The Bertz CT molecular complexity index is 296. The molecular weight excluding hydrogens is 270 g/mol. The van der Waals surface area contributed by atoms with Gasteiger partial charge < -0.3 is 0 Å². The molecule has 1 aromatic rings. The fourth-order valence-corrected chi connectivity index (χ4v) is 2.27. The molecule has 0 aromatic heterocycles. The number of alkyl halides is 3. The Morgan fingerprint density at radius 1 is 1.21 bits per heavy atom. The number of benzene rings is 1. The molecule has 14 heavy (non-hydrogen) atoms. The van der Waals surface area contributed by atoms with E-state index in [1.54, 1.807) is 12.1 Å². The average molecular weight is 283 g/mol. The highest BCUT2D eigenvalue weighted by molar-refractivity contribution is 9.09. The molecule has 0 aliphatic heterocycles. The summed E-state index contributed by atoms with van der Waals surface area (Å²) in [6, 6.07) is 6.59. The fraction of sp³-hybridized carbons (Fsp3) is 0.400. The molecule has 0 atom stereocenters. The summed E-state index contributed by atoms with van der Waals surface area (Å²) in [6.07, 6.45) is 6.25. The van der Waals surface area contributed by atoms with Crippen LogP contribution >= 0.6 is 26.0 Å². The van der Waals surface area contributed by atoms with Crippen molar-refractivity contribution in [1.29, 1.82) is 0 Å². The first-order valence-electron chi connectivity index (χ1n) is 4.07. The van der Waals surface area contributed by atoms with Gasteiger partial charge in [0.25, 0.3) is 0 Å². The second-order valence-electron chi connectivity index (χ2n) is 3.86. The third kappa shape index (κ3) is 2.95. The zero-order valence-electron chi connectivity index (χ0n) is 8.35. The maximum atomic E-state index is 12.9. The largest absolute Gasteiger partial charge is 0.326 e. The summed E-state index contributed by atoms with van der Waals surface area (Å²) in [5.74, 6) is 0. The number of hydrogen-bond acceptors (Lipinski definition) is 0. The van der Waals surface area contributed by atoms with Gasteiger partial charge in [0.1, 0.15) is 0 Å². The van der Waals surface area contributed by atoms with Gasteiger partial charge in [-0.15, -0.1) is 0 Å². The molecule has 4 heteroatoms. The predicted molar refractivity (Wildman–Crippen MR) is 62.9 cm³/mol. The number of rotatable bonds is 2. The highest BCUT2D eigenvalue weighted by Gasteiger charge is 2.27. The van der Waals surface area contributed by atoms with Crippen LogP contribution in [0.15, 0.2) is 29.2 Å². The molecule has 0 amide bonds. The van der Waals surface area contributed by atoms with Crippen molar-refractivity contribution in [3.63, 3.8) is 0 Å². The van der Waals surface area contributed by atoms with Crippen LogP contribution in [-0.4, -0.2) is 18.8 Å². The lowest BCUT2D eigenvalue weighted by Gasteiger charge is -2.26. The molecule has 0 bridgehead atoms. The minimum atomic E-state index is -2.92. The van der Waals surface area contributed by atoms with Gasteiger partial charge >= 0.3 is 4.83 Å². The minimum absolute atomic E-state index is 0.0254. The molecule has 0 saturated heterocycles. The third-order valence-electron chi connectivity index (χ3n) is 1.87. The lowest BCUT2D eigenvalue weighted by Crippen LogP contribution is -2.03. The predicted octanol–water partition coefficient (Wildman–Crippen LogP) is 4.18. The molecule has 0 unspecified atom stereocenters. The molecule has 1 rings (SSSR count). The van der Waals surface area contributed by atoms with Crippen molar-refractivity contribution < 1.29 is 8.78 Å². The van der Waals surface area contributed by atoms with E-state index in [0.29, 0.717) is 0 Å². The van der Waals surface area contributed by atoms with Crippen LogP contribution in [0.25, 0.3) is 0 Å². The van der Waals surface area contributed by atoms with Crippen molar-refractivity contribution in [1.82, 2.24) is 0 Å². The Morgan fingerprint density at radius 2 is 1.79 bits per heavy atom. The second-order valence-corrected chi connectivity index (χ2v) is 9.00. The smallest absolute Gasteiger partial charge is 0.223 e. The van der Waals surface area contributed by atoms with Crippen LogP contribution in [0.2, 0.25) is 0 Å². The van der Waals surface area contributed by atoms with Crippen LogP contribution in [0.4, 0.5) is 8.78 Å². The number of hydrogen-bond donors (Lipinski definition) is 0. The third-order valence-corrected chi connectivity index (χ3v) is 3.99. The highest BCUT2D eigenvalue weighted by atomic mass is 79.9. The normalized spacial score (nSPS) is 14.1. The summed E-state index contributed by atoms with van der Waals surface area (Å²) >= 11 is 2.36. The van der Waals surface area contributed by atoms with E-state index in [4.69, 9.17) is 0 Å². The van der Waals surface area contributed by atoms with Crippen LogP contribution in [0, 0.1) is 0 Å². The summed E-state index contributed by atoms with van der Waals surface area (Å²) < 4.78 is 25.9. The summed E-state index contributed by atoms with van der Waals surface area (Å²) in [6.45, 7) is 0. The Kier molecular flexibility index (Phi) is 3.26. The summed E-state index contributed by atoms with van der Waals surface area (Å²) in [4.78, 5) is -1.93. The Hall–Kier alpha value is -0.0900. The van der Waals surface area contributed by atoms with Crippen molar-refractivity contribution in [3.8, 4) is 0 Å². The van der Waals surface area contributed by atoms with Crippen LogP contribution in [-0.2, 0) is 4.83 Å². The van der Waals surface area contributed by atoms with Crippen molar-refractivity contribution in [3.05, 3.63) is 29.8 Å². The molecule has 0 N–H and O–H groups in total. The standard InChI is InChI=1S/C10H13BrF2S/c1-14(2,3)9-6-4-5-8(7-9)10(11,12)13/h4-7H,1-3H3. The van der Waals surface area contributed by atoms with Gasteiger partial charge in [-0.3, -0.25) is 0 Å². The Balaban J connectivity index is 3.15. The van der Waals surface area contributed by atoms with Gasteiger partial charge in [-0.2, -0.15) is 8.78 Å². The molecule has 0 heterocycles. The summed E-state index contributed by atoms with van der Waals surface area (Å²) in [5, 5.41) is 0.